The number of hydrogen-bond acceptors (Lipinski definition) is 6. The Morgan fingerprint density at radius 3 is 0.816 bits per heavy atom. The van der Waals surface area contributed by atoms with Crippen LogP contribution in [0.2, 0.25) is 0 Å². The van der Waals surface area contributed by atoms with Crippen molar-refractivity contribution in [3.63, 3.8) is 0 Å². The van der Waals surface area contributed by atoms with Crippen molar-refractivity contribution in [3.8, 4) is 0 Å². The summed E-state index contributed by atoms with van der Waals surface area (Å²) in [5, 5.41) is 0. The zero-order valence-electron chi connectivity index (χ0n) is 50.3. The monoisotopic (exact) mass is 1060 g/mol. The maximum atomic E-state index is 12.9. The van der Waals surface area contributed by atoms with Crippen molar-refractivity contribution in [1.29, 1.82) is 0 Å². The molecule has 0 saturated carbocycles. The predicted octanol–water partition coefficient (Wildman–Crippen LogP) is 22.3. The molecule has 0 aliphatic carbocycles. The van der Waals surface area contributed by atoms with Crippen LogP contribution in [0.1, 0.15) is 323 Å². The van der Waals surface area contributed by atoms with Crippen molar-refractivity contribution in [2.45, 2.75) is 329 Å². The summed E-state index contributed by atoms with van der Waals surface area (Å²) in [4.78, 5) is 38.4. The van der Waals surface area contributed by atoms with E-state index in [9.17, 15) is 14.4 Å². The van der Waals surface area contributed by atoms with Crippen LogP contribution in [0, 0.1) is 0 Å². The molecule has 0 aromatic rings. The van der Waals surface area contributed by atoms with Crippen molar-refractivity contribution in [3.05, 3.63) is 85.1 Å². The van der Waals surface area contributed by atoms with Crippen LogP contribution in [0.15, 0.2) is 85.1 Å². The van der Waals surface area contributed by atoms with Gasteiger partial charge in [0.1, 0.15) is 13.2 Å². The van der Waals surface area contributed by atoms with Gasteiger partial charge in [0.25, 0.3) is 0 Å². The Morgan fingerprint density at radius 2 is 0.513 bits per heavy atom. The van der Waals surface area contributed by atoms with Gasteiger partial charge in [-0.05, 0) is 96.3 Å². The Kier molecular flexibility index (Phi) is 61.2. The molecule has 0 bridgehead atoms. The molecule has 0 amide bonds. The van der Waals surface area contributed by atoms with E-state index in [0.29, 0.717) is 19.3 Å². The molecule has 0 spiro atoms. The SMILES string of the molecule is CC/C=C\C/C=C\C/C=C\C/C=C\C/C=C\C/C=C\CCCCCCC(=O)OCC(COC(=O)CCCCCCC/C=C\CCCCCCCCC)OC(=O)CCCCCCCCCCCCCCCCCCCCC. The highest BCUT2D eigenvalue weighted by Gasteiger charge is 2.19. The molecule has 0 aromatic carbocycles. The number of carbonyl (C=O) groups is 3. The number of esters is 3. The number of hydrogen-bond donors (Lipinski definition) is 0. The smallest absolute Gasteiger partial charge is 0.306 e. The Labute approximate surface area is 471 Å². The third-order valence-corrected chi connectivity index (χ3v) is 14.1. The lowest BCUT2D eigenvalue weighted by Crippen LogP contribution is -2.30. The van der Waals surface area contributed by atoms with E-state index >= 15 is 0 Å². The molecule has 0 N–H and O–H groups in total. The summed E-state index contributed by atoms with van der Waals surface area (Å²) >= 11 is 0. The van der Waals surface area contributed by atoms with Gasteiger partial charge < -0.3 is 14.2 Å². The zero-order valence-corrected chi connectivity index (χ0v) is 50.3. The lowest BCUT2D eigenvalue weighted by Gasteiger charge is -2.18. The van der Waals surface area contributed by atoms with Crippen molar-refractivity contribution < 1.29 is 28.6 Å². The molecule has 438 valence electrons. The maximum Gasteiger partial charge on any atom is 0.306 e. The number of carbonyl (C=O) groups excluding carboxylic acids is 3. The number of rotatable bonds is 59. The van der Waals surface area contributed by atoms with Crippen LogP contribution >= 0.6 is 0 Å². The van der Waals surface area contributed by atoms with Gasteiger partial charge in [0.2, 0.25) is 0 Å². The van der Waals surface area contributed by atoms with Crippen molar-refractivity contribution in [2.24, 2.45) is 0 Å². The second-order valence-electron chi connectivity index (χ2n) is 21.6. The minimum Gasteiger partial charge on any atom is -0.462 e. The van der Waals surface area contributed by atoms with Gasteiger partial charge >= 0.3 is 17.9 Å². The fourth-order valence-corrected chi connectivity index (χ4v) is 9.27. The van der Waals surface area contributed by atoms with Crippen molar-refractivity contribution in [2.75, 3.05) is 13.2 Å². The maximum absolute atomic E-state index is 12.9. The predicted molar refractivity (Wildman–Crippen MR) is 330 cm³/mol. The van der Waals surface area contributed by atoms with Crippen LogP contribution in [0.3, 0.4) is 0 Å². The molecule has 0 aromatic heterocycles. The molecule has 6 heteroatoms. The van der Waals surface area contributed by atoms with Crippen molar-refractivity contribution >= 4 is 17.9 Å². The first-order valence-electron chi connectivity index (χ1n) is 32.6. The highest BCUT2D eigenvalue weighted by molar-refractivity contribution is 5.71. The molecule has 0 rings (SSSR count). The van der Waals surface area contributed by atoms with Crippen LogP contribution < -0.4 is 0 Å². The zero-order chi connectivity index (χ0) is 55.0. The van der Waals surface area contributed by atoms with E-state index in [1.807, 2.05) is 0 Å². The Morgan fingerprint density at radius 1 is 0.276 bits per heavy atom. The number of allylic oxidation sites excluding steroid dienone is 14. The quantitative estimate of drug-likeness (QED) is 0.0261. The first-order valence-corrected chi connectivity index (χ1v) is 32.6. The van der Waals surface area contributed by atoms with E-state index in [1.54, 1.807) is 0 Å². The number of ether oxygens (including phenoxy) is 3. The average molecular weight is 1060 g/mol. The van der Waals surface area contributed by atoms with Gasteiger partial charge in [-0.25, -0.2) is 0 Å². The Balaban J connectivity index is 4.41. The number of unbranched alkanes of at least 4 members (excludes halogenated alkanes) is 34. The topological polar surface area (TPSA) is 78.9 Å². The molecule has 0 heterocycles. The van der Waals surface area contributed by atoms with Crippen LogP contribution in [0.5, 0.6) is 0 Å². The van der Waals surface area contributed by atoms with E-state index in [2.05, 4.69) is 106 Å². The summed E-state index contributed by atoms with van der Waals surface area (Å²) in [5.41, 5.74) is 0. The Bertz CT molecular complexity index is 1450. The molecule has 1 unspecified atom stereocenters. The summed E-state index contributed by atoms with van der Waals surface area (Å²) in [7, 11) is 0. The third kappa shape index (κ3) is 61.4. The highest BCUT2D eigenvalue weighted by atomic mass is 16.6. The van der Waals surface area contributed by atoms with Gasteiger partial charge in [0.05, 0.1) is 0 Å². The second-order valence-corrected chi connectivity index (χ2v) is 21.6. The lowest BCUT2D eigenvalue weighted by atomic mass is 10.0. The summed E-state index contributed by atoms with van der Waals surface area (Å²) in [6.07, 6.45) is 84.4. The molecule has 0 fully saturated rings. The van der Waals surface area contributed by atoms with Gasteiger partial charge in [-0.2, -0.15) is 0 Å². The molecule has 0 aliphatic heterocycles. The second kappa shape index (κ2) is 64.1. The van der Waals surface area contributed by atoms with Gasteiger partial charge in [0, 0.05) is 19.3 Å². The molecule has 0 radical (unpaired) electrons. The molecule has 76 heavy (non-hydrogen) atoms. The lowest BCUT2D eigenvalue weighted by molar-refractivity contribution is -0.167. The Hall–Kier alpha value is -3.41. The minimum absolute atomic E-state index is 0.0865. The summed E-state index contributed by atoms with van der Waals surface area (Å²) in [6.45, 7) is 6.54. The van der Waals surface area contributed by atoms with Crippen molar-refractivity contribution in [1.82, 2.24) is 0 Å². The van der Waals surface area contributed by atoms with Crippen LogP contribution in [0.25, 0.3) is 0 Å². The van der Waals surface area contributed by atoms with Crippen LogP contribution in [0.4, 0.5) is 0 Å². The summed E-state index contributed by atoms with van der Waals surface area (Å²) in [6, 6.07) is 0. The molecule has 1 atom stereocenters. The third-order valence-electron chi connectivity index (χ3n) is 14.1. The molecule has 6 nitrogen and oxygen atoms in total. The molecular weight excluding hydrogens is 937 g/mol. The molecular formula is C70H122O6. The normalized spacial score (nSPS) is 12.6. The van der Waals surface area contributed by atoms with E-state index in [0.717, 1.165) is 116 Å². The first kappa shape index (κ1) is 72.6. The largest absolute Gasteiger partial charge is 0.462 e. The molecule has 0 saturated heterocycles. The van der Waals surface area contributed by atoms with Gasteiger partial charge in [-0.15, -0.1) is 0 Å². The highest BCUT2D eigenvalue weighted by Crippen LogP contribution is 2.17. The fourth-order valence-electron chi connectivity index (χ4n) is 9.27. The van der Waals surface area contributed by atoms with Gasteiger partial charge in [0.15, 0.2) is 6.10 Å². The van der Waals surface area contributed by atoms with E-state index in [-0.39, 0.29) is 31.1 Å². The first-order chi connectivity index (χ1) is 37.5. The standard InChI is InChI=1S/C70H122O6/c1-4-7-10-13-16-19-22-25-28-31-33-34-35-36-38-39-42-45-48-51-54-57-60-63-69(72)75-66-67(65-74-68(71)62-59-56-53-50-47-44-41-30-27-24-21-18-15-12-9-6-3)76-70(73)64-61-58-55-52-49-46-43-40-37-32-29-26-23-20-17-14-11-8-5-2/h7,10,16,19,25,28,30,33-34,36,38,41-42,45,67H,4-6,8-9,11-15,17-18,20-24,26-27,29,31-32,35,37,39-40,43-44,46-66H2,1-3H3/b10-7-,19-16-,28-25-,34-33-,38-36-,41-30-,45-42-. The fraction of sp³-hybridized carbons (Fsp3) is 0.757. The van der Waals surface area contributed by atoms with Crippen LogP contribution in [-0.4, -0.2) is 37.2 Å². The average Bonchev–Trinajstić information content (AvgIpc) is 3.42. The van der Waals surface area contributed by atoms with E-state index < -0.39 is 6.10 Å². The summed E-state index contributed by atoms with van der Waals surface area (Å²) in [5.74, 6) is -0.904. The summed E-state index contributed by atoms with van der Waals surface area (Å²) < 4.78 is 16.9. The van der Waals surface area contributed by atoms with Crippen LogP contribution in [-0.2, 0) is 28.6 Å². The van der Waals surface area contributed by atoms with E-state index in [4.69, 9.17) is 14.2 Å². The van der Waals surface area contributed by atoms with Gasteiger partial charge in [-0.1, -0.05) is 292 Å². The molecule has 0 aliphatic rings. The van der Waals surface area contributed by atoms with E-state index in [1.165, 1.54) is 167 Å². The van der Waals surface area contributed by atoms with Gasteiger partial charge in [-0.3, -0.25) is 14.4 Å². The minimum atomic E-state index is -0.791.